The molecule has 1 aliphatic carbocycles. The number of hydrogen-bond acceptors (Lipinski definition) is 4. The Balaban J connectivity index is 1.87. The second-order valence-corrected chi connectivity index (χ2v) is 6.49. The van der Waals surface area contributed by atoms with Crippen molar-refractivity contribution in [1.29, 1.82) is 0 Å². The van der Waals surface area contributed by atoms with Crippen LogP contribution in [0.4, 0.5) is 0 Å². The number of esters is 1. The zero-order chi connectivity index (χ0) is 15.2. The van der Waals surface area contributed by atoms with Gasteiger partial charge in [0.1, 0.15) is 0 Å². The van der Waals surface area contributed by atoms with Crippen LogP contribution >= 0.6 is 0 Å². The fourth-order valence-electron chi connectivity index (χ4n) is 3.57. The molecule has 0 aromatic carbocycles. The monoisotopic (exact) mass is 296 g/mol. The largest absolute Gasteiger partial charge is 0.469 e. The molecule has 0 radical (unpaired) electrons. The summed E-state index contributed by atoms with van der Waals surface area (Å²) in [6.07, 6.45) is 7.40. The molecule has 1 aliphatic heterocycles. The molecule has 5 nitrogen and oxygen atoms in total. The van der Waals surface area contributed by atoms with Gasteiger partial charge >= 0.3 is 5.97 Å². The first kappa shape index (κ1) is 16.3. The van der Waals surface area contributed by atoms with E-state index in [9.17, 15) is 9.59 Å². The lowest BCUT2D eigenvalue weighted by Crippen LogP contribution is -2.53. The molecule has 0 aromatic heterocycles. The number of piperidine rings is 1. The molecule has 120 valence electrons. The van der Waals surface area contributed by atoms with Crippen LogP contribution in [0.2, 0.25) is 0 Å². The zero-order valence-electron chi connectivity index (χ0n) is 13.3. The highest BCUT2D eigenvalue weighted by atomic mass is 16.5. The predicted octanol–water partition coefficient (Wildman–Crippen LogP) is 1.57. The maximum absolute atomic E-state index is 11.8. The molecule has 5 heteroatoms. The Morgan fingerprint density at radius 2 is 1.90 bits per heavy atom. The number of carbonyl (C=O) groups excluding carboxylic acids is 2. The van der Waals surface area contributed by atoms with Crippen LogP contribution in [0.3, 0.4) is 0 Å². The minimum Gasteiger partial charge on any atom is -0.469 e. The lowest BCUT2D eigenvalue weighted by atomic mass is 9.88. The SMILES string of the molecule is COC(=O)C1CC(NCC2CCCCC2)CN(C(C)=O)C1. The molecule has 1 amide bonds. The minimum atomic E-state index is -0.203. The topological polar surface area (TPSA) is 58.6 Å². The van der Waals surface area contributed by atoms with Crippen molar-refractivity contribution in [3.05, 3.63) is 0 Å². The van der Waals surface area contributed by atoms with Crippen LogP contribution in [0, 0.1) is 11.8 Å². The molecule has 0 bridgehead atoms. The quantitative estimate of drug-likeness (QED) is 0.800. The molecule has 2 aliphatic rings. The van der Waals surface area contributed by atoms with E-state index in [1.165, 1.54) is 39.2 Å². The third-order valence-electron chi connectivity index (χ3n) is 4.85. The summed E-state index contributed by atoms with van der Waals surface area (Å²) >= 11 is 0. The van der Waals surface area contributed by atoms with Crippen LogP contribution in [-0.2, 0) is 14.3 Å². The second-order valence-electron chi connectivity index (χ2n) is 6.49. The van der Waals surface area contributed by atoms with Crippen LogP contribution in [0.15, 0.2) is 0 Å². The van der Waals surface area contributed by atoms with Gasteiger partial charge in [-0.2, -0.15) is 0 Å². The van der Waals surface area contributed by atoms with Crippen LogP contribution in [0.25, 0.3) is 0 Å². The molecule has 2 unspecified atom stereocenters. The zero-order valence-corrected chi connectivity index (χ0v) is 13.3. The van der Waals surface area contributed by atoms with Crippen molar-refractivity contribution in [1.82, 2.24) is 10.2 Å². The van der Waals surface area contributed by atoms with E-state index < -0.39 is 0 Å². The van der Waals surface area contributed by atoms with Crippen molar-refractivity contribution in [2.24, 2.45) is 11.8 Å². The van der Waals surface area contributed by atoms with Gasteiger partial charge < -0.3 is 15.0 Å². The van der Waals surface area contributed by atoms with Crippen LogP contribution in [0.5, 0.6) is 0 Å². The molecule has 0 aromatic rings. The summed E-state index contributed by atoms with van der Waals surface area (Å²) < 4.78 is 4.86. The average molecular weight is 296 g/mol. The number of carbonyl (C=O) groups is 2. The Morgan fingerprint density at radius 1 is 1.19 bits per heavy atom. The lowest BCUT2D eigenvalue weighted by molar-refractivity contribution is -0.149. The summed E-state index contributed by atoms with van der Waals surface area (Å²) in [5, 5.41) is 3.58. The van der Waals surface area contributed by atoms with Crippen molar-refractivity contribution in [3.63, 3.8) is 0 Å². The van der Waals surface area contributed by atoms with E-state index in [4.69, 9.17) is 4.74 Å². The van der Waals surface area contributed by atoms with E-state index in [1.807, 2.05) is 0 Å². The molecule has 1 saturated heterocycles. The predicted molar refractivity (Wildman–Crippen MR) is 80.7 cm³/mol. The number of methoxy groups -OCH3 is 1. The first-order valence-corrected chi connectivity index (χ1v) is 8.17. The summed E-state index contributed by atoms with van der Waals surface area (Å²) in [6, 6.07) is 0.202. The van der Waals surface area contributed by atoms with Gasteiger partial charge in [0.2, 0.25) is 5.91 Å². The highest BCUT2D eigenvalue weighted by Crippen LogP contribution is 2.24. The van der Waals surface area contributed by atoms with Crippen molar-refractivity contribution < 1.29 is 14.3 Å². The van der Waals surface area contributed by atoms with Crippen molar-refractivity contribution >= 4 is 11.9 Å². The Labute approximate surface area is 127 Å². The van der Waals surface area contributed by atoms with Crippen molar-refractivity contribution in [2.45, 2.75) is 51.5 Å². The van der Waals surface area contributed by atoms with Gasteiger partial charge in [-0.25, -0.2) is 0 Å². The van der Waals surface area contributed by atoms with Crippen molar-refractivity contribution in [2.75, 3.05) is 26.7 Å². The van der Waals surface area contributed by atoms with Crippen LogP contribution < -0.4 is 5.32 Å². The summed E-state index contributed by atoms with van der Waals surface area (Å²) in [7, 11) is 1.42. The molecule has 1 saturated carbocycles. The molecular weight excluding hydrogens is 268 g/mol. The van der Waals surface area contributed by atoms with E-state index in [0.29, 0.717) is 13.1 Å². The fraction of sp³-hybridized carbons (Fsp3) is 0.875. The summed E-state index contributed by atoms with van der Waals surface area (Å²) in [4.78, 5) is 25.2. The fourth-order valence-corrected chi connectivity index (χ4v) is 3.57. The number of rotatable bonds is 4. The first-order valence-electron chi connectivity index (χ1n) is 8.17. The lowest BCUT2D eigenvalue weighted by Gasteiger charge is -2.37. The normalized spacial score (nSPS) is 27.4. The maximum atomic E-state index is 11.8. The van der Waals surface area contributed by atoms with Gasteiger partial charge in [0.25, 0.3) is 0 Å². The minimum absolute atomic E-state index is 0.0352. The molecule has 2 atom stereocenters. The number of nitrogens with zero attached hydrogens (tertiary/aromatic N) is 1. The van der Waals surface area contributed by atoms with Gasteiger partial charge in [-0.15, -0.1) is 0 Å². The molecule has 2 fully saturated rings. The highest BCUT2D eigenvalue weighted by Gasteiger charge is 2.33. The highest BCUT2D eigenvalue weighted by molar-refractivity contribution is 5.77. The van der Waals surface area contributed by atoms with Crippen LogP contribution in [0.1, 0.15) is 45.4 Å². The third-order valence-corrected chi connectivity index (χ3v) is 4.85. The van der Waals surface area contributed by atoms with E-state index in [0.717, 1.165) is 18.9 Å². The summed E-state index contributed by atoms with van der Waals surface area (Å²) in [5.74, 6) is 0.387. The van der Waals surface area contributed by atoms with Gasteiger partial charge in [-0.3, -0.25) is 9.59 Å². The smallest absolute Gasteiger partial charge is 0.310 e. The molecule has 1 N–H and O–H groups in total. The van der Waals surface area contributed by atoms with Crippen LogP contribution in [-0.4, -0.2) is 49.6 Å². The van der Waals surface area contributed by atoms with Gasteiger partial charge in [0.05, 0.1) is 13.0 Å². The Bertz CT molecular complexity index is 367. The Kier molecular flexibility index (Phi) is 6.03. The number of nitrogens with one attached hydrogen (secondary N) is 1. The number of amides is 1. The molecule has 0 spiro atoms. The van der Waals surface area contributed by atoms with Crippen molar-refractivity contribution in [3.8, 4) is 0 Å². The summed E-state index contributed by atoms with van der Waals surface area (Å²) in [5.41, 5.74) is 0. The van der Waals surface area contributed by atoms with E-state index in [2.05, 4.69) is 5.32 Å². The van der Waals surface area contributed by atoms with Gasteiger partial charge in [0, 0.05) is 26.1 Å². The average Bonchev–Trinajstić information content (AvgIpc) is 2.52. The van der Waals surface area contributed by atoms with E-state index in [-0.39, 0.29) is 23.8 Å². The third kappa shape index (κ3) is 4.70. The molecule has 2 rings (SSSR count). The molecule has 21 heavy (non-hydrogen) atoms. The molecule has 1 heterocycles. The Hall–Kier alpha value is -1.10. The van der Waals surface area contributed by atoms with Gasteiger partial charge in [0.15, 0.2) is 0 Å². The standard InChI is InChI=1S/C16H28N2O3/c1-12(19)18-10-14(16(20)21-2)8-15(11-18)17-9-13-6-4-3-5-7-13/h13-15,17H,3-11H2,1-2H3. The molecular formula is C16H28N2O3. The second kappa shape index (κ2) is 7.78. The van der Waals surface area contributed by atoms with Gasteiger partial charge in [-0.1, -0.05) is 19.3 Å². The summed E-state index contributed by atoms with van der Waals surface area (Å²) in [6.45, 7) is 3.77. The van der Waals surface area contributed by atoms with E-state index >= 15 is 0 Å². The first-order chi connectivity index (χ1) is 10.1. The number of ether oxygens (including phenoxy) is 1. The van der Waals surface area contributed by atoms with E-state index in [1.54, 1.807) is 11.8 Å². The number of hydrogen-bond donors (Lipinski definition) is 1. The maximum Gasteiger partial charge on any atom is 0.310 e. The van der Waals surface area contributed by atoms with Gasteiger partial charge in [-0.05, 0) is 31.7 Å². The Morgan fingerprint density at radius 3 is 2.52 bits per heavy atom. The number of likely N-dealkylation sites (tertiary alicyclic amines) is 1.